The van der Waals surface area contributed by atoms with Crippen LogP contribution in [0.4, 0.5) is 4.39 Å². The molecular formula is C7H11FO3. The van der Waals surface area contributed by atoms with E-state index in [1.54, 1.807) is 0 Å². The van der Waals surface area contributed by atoms with Crippen LogP contribution in [0.25, 0.3) is 0 Å². The van der Waals surface area contributed by atoms with Crippen molar-refractivity contribution < 1.29 is 19.4 Å². The van der Waals surface area contributed by atoms with Gasteiger partial charge in [-0.1, -0.05) is 0 Å². The molecule has 1 aliphatic carbocycles. The maximum absolute atomic E-state index is 13.3. The molecule has 3 nitrogen and oxygen atoms in total. The van der Waals surface area contributed by atoms with E-state index in [1.807, 2.05) is 0 Å². The molecule has 2 unspecified atom stereocenters. The highest BCUT2D eigenvalue weighted by molar-refractivity contribution is 5.79. The fourth-order valence-corrected chi connectivity index (χ4v) is 1.47. The number of rotatable bonds is 1. The van der Waals surface area contributed by atoms with Crippen LogP contribution in [0, 0.1) is 0 Å². The fraction of sp³-hybridized carbons (Fsp3) is 0.857. The number of aliphatic hydroxyl groups is 1. The van der Waals surface area contributed by atoms with Crippen LogP contribution in [0.5, 0.6) is 0 Å². The molecule has 0 heterocycles. The van der Waals surface area contributed by atoms with Gasteiger partial charge in [0.05, 0.1) is 0 Å². The summed E-state index contributed by atoms with van der Waals surface area (Å²) in [4.78, 5) is 10.4. The van der Waals surface area contributed by atoms with Crippen molar-refractivity contribution in [2.24, 2.45) is 0 Å². The highest BCUT2D eigenvalue weighted by Gasteiger charge is 2.57. The lowest BCUT2D eigenvalue weighted by Gasteiger charge is -2.28. The molecular weight excluding hydrogens is 151 g/mol. The van der Waals surface area contributed by atoms with Crippen LogP contribution in [-0.2, 0) is 4.79 Å². The zero-order valence-corrected chi connectivity index (χ0v) is 6.30. The molecule has 2 atom stereocenters. The Bertz CT molecular complexity index is 190. The van der Waals surface area contributed by atoms with E-state index in [2.05, 4.69) is 0 Å². The molecule has 64 valence electrons. The zero-order valence-electron chi connectivity index (χ0n) is 6.30. The van der Waals surface area contributed by atoms with Crippen molar-refractivity contribution in [1.82, 2.24) is 0 Å². The van der Waals surface area contributed by atoms with E-state index in [-0.39, 0.29) is 12.8 Å². The maximum Gasteiger partial charge on any atom is 0.339 e. The molecule has 0 radical (unpaired) electrons. The summed E-state index contributed by atoms with van der Waals surface area (Å²) in [6, 6.07) is 0. The van der Waals surface area contributed by atoms with Crippen LogP contribution in [-0.4, -0.2) is 27.5 Å². The first kappa shape index (κ1) is 8.46. The Balaban J connectivity index is 2.93. The first-order valence-corrected chi connectivity index (χ1v) is 3.55. The molecule has 1 saturated carbocycles. The van der Waals surface area contributed by atoms with Crippen molar-refractivity contribution >= 4 is 5.97 Å². The highest BCUT2D eigenvalue weighted by atomic mass is 19.1. The number of carboxylic acids is 1. The Labute approximate surface area is 63.8 Å². The lowest BCUT2D eigenvalue weighted by atomic mass is 9.90. The molecule has 0 aliphatic heterocycles. The largest absolute Gasteiger partial charge is 0.479 e. The predicted octanol–water partition coefficient (Wildman–Crippen LogP) is 0.714. The highest BCUT2D eigenvalue weighted by Crippen LogP contribution is 2.42. The second-order valence-corrected chi connectivity index (χ2v) is 3.22. The number of carboxylic acid groups (broad SMARTS) is 1. The predicted molar refractivity (Wildman–Crippen MR) is 35.9 cm³/mol. The van der Waals surface area contributed by atoms with E-state index in [0.29, 0.717) is 6.42 Å². The molecule has 4 heteroatoms. The van der Waals surface area contributed by atoms with Crippen molar-refractivity contribution in [3.05, 3.63) is 0 Å². The second kappa shape index (κ2) is 2.17. The Morgan fingerprint density at radius 3 is 2.27 bits per heavy atom. The van der Waals surface area contributed by atoms with Gasteiger partial charge in [0.1, 0.15) is 5.67 Å². The van der Waals surface area contributed by atoms with Gasteiger partial charge < -0.3 is 10.2 Å². The van der Waals surface area contributed by atoms with Gasteiger partial charge in [-0.15, -0.1) is 0 Å². The first-order chi connectivity index (χ1) is 4.90. The number of hydrogen-bond acceptors (Lipinski definition) is 2. The van der Waals surface area contributed by atoms with Crippen LogP contribution in [0.2, 0.25) is 0 Å². The summed E-state index contributed by atoms with van der Waals surface area (Å²) in [6.07, 6.45) is 0.556. The van der Waals surface area contributed by atoms with Crippen LogP contribution in [0.3, 0.4) is 0 Å². The van der Waals surface area contributed by atoms with E-state index in [1.165, 1.54) is 0 Å². The summed E-state index contributed by atoms with van der Waals surface area (Å²) < 4.78 is 13.3. The van der Waals surface area contributed by atoms with Crippen LogP contribution in [0.1, 0.15) is 26.2 Å². The van der Waals surface area contributed by atoms with Gasteiger partial charge in [-0.3, -0.25) is 0 Å². The molecule has 2 N–H and O–H groups in total. The van der Waals surface area contributed by atoms with Crippen LogP contribution >= 0.6 is 0 Å². The monoisotopic (exact) mass is 162 g/mol. The third kappa shape index (κ3) is 1.01. The van der Waals surface area contributed by atoms with E-state index in [0.717, 1.165) is 6.92 Å². The molecule has 0 spiro atoms. The molecule has 1 fully saturated rings. The van der Waals surface area contributed by atoms with Gasteiger partial charge in [0.15, 0.2) is 5.60 Å². The standard InChI is InChI=1S/C7H11FO3/c1-6(8)3-2-4-7(6,11)5(9)10/h11H,2-4H2,1H3,(H,9,10). The molecule has 1 rings (SSSR count). The summed E-state index contributed by atoms with van der Waals surface area (Å²) >= 11 is 0. The summed E-state index contributed by atoms with van der Waals surface area (Å²) in [5.41, 5.74) is -4.13. The normalized spacial score (nSPS) is 44.3. The minimum Gasteiger partial charge on any atom is -0.479 e. The van der Waals surface area contributed by atoms with Crippen molar-refractivity contribution in [2.75, 3.05) is 0 Å². The minimum atomic E-state index is -2.16. The molecule has 0 amide bonds. The summed E-state index contributed by atoms with van der Waals surface area (Å²) in [5.74, 6) is -1.46. The van der Waals surface area contributed by atoms with Gasteiger partial charge in [-0.25, -0.2) is 9.18 Å². The van der Waals surface area contributed by atoms with E-state index < -0.39 is 17.2 Å². The topological polar surface area (TPSA) is 57.5 Å². The molecule has 0 aromatic carbocycles. The summed E-state index contributed by atoms with van der Waals surface area (Å²) in [7, 11) is 0. The number of alkyl halides is 1. The SMILES string of the molecule is CC1(F)CCCC1(O)C(=O)O. The Morgan fingerprint density at radius 2 is 2.09 bits per heavy atom. The zero-order chi connectivity index (χ0) is 8.70. The minimum absolute atomic E-state index is 0.00926. The van der Waals surface area contributed by atoms with Crippen molar-refractivity contribution in [1.29, 1.82) is 0 Å². The number of carbonyl (C=O) groups is 1. The average molecular weight is 162 g/mol. The summed E-state index contributed by atoms with van der Waals surface area (Å²) in [5, 5.41) is 17.8. The van der Waals surface area contributed by atoms with Gasteiger partial charge in [0.25, 0.3) is 0 Å². The number of hydrogen-bond donors (Lipinski definition) is 2. The van der Waals surface area contributed by atoms with E-state index in [9.17, 15) is 14.3 Å². The van der Waals surface area contributed by atoms with Crippen LogP contribution < -0.4 is 0 Å². The number of aliphatic carboxylic acids is 1. The second-order valence-electron chi connectivity index (χ2n) is 3.22. The van der Waals surface area contributed by atoms with Crippen LogP contribution in [0.15, 0.2) is 0 Å². The molecule has 11 heavy (non-hydrogen) atoms. The van der Waals surface area contributed by atoms with Gasteiger partial charge in [-0.05, 0) is 26.2 Å². The third-order valence-electron chi connectivity index (χ3n) is 2.40. The lowest BCUT2D eigenvalue weighted by Crippen LogP contribution is -2.50. The van der Waals surface area contributed by atoms with Gasteiger partial charge in [0, 0.05) is 0 Å². The molecule has 0 saturated heterocycles. The Kier molecular flexibility index (Phi) is 1.67. The van der Waals surface area contributed by atoms with Gasteiger partial charge in [0.2, 0.25) is 0 Å². The van der Waals surface area contributed by atoms with Crippen molar-refractivity contribution in [3.8, 4) is 0 Å². The van der Waals surface area contributed by atoms with E-state index >= 15 is 0 Å². The Hall–Kier alpha value is -0.640. The lowest BCUT2D eigenvalue weighted by molar-refractivity contribution is -0.171. The van der Waals surface area contributed by atoms with Gasteiger partial charge in [-0.2, -0.15) is 0 Å². The van der Waals surface area contributed by atoms with Crippen molar-refractivity contribution in [3.63, 3.8) is 0 Å². The van der Waals surface area contributed by atoms with E-state index in [4.69, 9.17) is 5.11 Å². The molecule has 0 bridgehead atoms. The summed E-state index contributed by atoms with van der Waals surface area (Å²) in [6.45, 7) is 1.13. The van der Waals surface area contributed by atoms with Gasteiger partial charge >= 0.3 is 5.97 Å². The average Bonchev–Trinajstić information content (AvgIpc) is 2.09. The molecule has 1 aliphatic rings. The number of halogens is 1. The Morgan fingerprint density at radius 1 is 1.55 bits per heavy atom. The molecule has 0 aromatic rings. The first-order valence-electron chi connectivity index (χ1n) is 3.55. The van der Waals surface area contributed by atoms with Crippen molar-refractivity contribution in [2.45, 2.75) is 37.5 Å². The smallest absolute Gasteiger partial charge is 0.339 e. The maximum atomic E-state index is 13.3. The third-order valence-corrected chi connectivity index (χ3v) is 2.40. The fourth-order valence-electron chi connectivity index (χ4n) is 1.47. The molecule has 0 aromatic heterocycles. The quantitative estimate of drug-likeness (QED) is 0.597.